The Morgan fingerprint density at radius 3 is 2.23 bits per heavy atom. The Kier molecular flexibility index (Phi) is 3.37. The number of fused-ring (bicyclic) bond motifs is 2. The first kappa shape index (κ1) is 16.1. The summed E-state index contributed by atoms with van der Waals surface area (Å²) in [5.74, 6) is 1.16. The minimum Gasteiger partial charge on any atom is -0.462 e. The Labute approximate surface area is 135 Å². The average molecular weight is 304 g/mol. The molecule has 3 aliphatic carbocycles. The number of carbonyl (C=O) groups is 1. The smallest absolute Gasteiger partial charge is 0.310 e. The summed E-state index contributed by atoms with van der Waals surface area (Å²) in [6.45, 7) is 15.7. The Hall–Kier alpha value is -0.790. The lowest BCUT2D eigenvalue weighted by Gasteiger charge is -2.38. The summed E-state index contributed by atoms with van der Waals surface area (Å²) in [5, 5.41) is 0. The Bertz CT molecular complexity index is 524. The van der Waals surface area contributed by atoms with Gasteiger partial charge in [0.05, 0.1) is 5.92 Å². The summed E-state index contributed by atoms with van der Waals surface area (Å²) < 4.78 is 6.09. The molecule has 5 atom stereocenters. The van der Waals surface area contributed by atoms with Gasteiger partial charge in [0.2, 0.25) is 0 Å². The second kappa shape index (κ2) is 4.61. The van der Waals surface area contributed by atoms with Gasteiger partial charge in [-0.05, 0) is 55.8 Å². The van der Waals surface area contributed by atoms with E-state index in [-0.39, 0.29) is 28.8 Å². The lowest BCUT2D eigenvalue weighted by molar-refractivity contribution is -0.159. The molecule has 22 heavy (non-hydrogen) atoms. The van der Waals surface area contributed by atoms with E-state index < -0.39 is 0 Å². The summed E-state index contributed by atoms with van der Waals surface area (Å²) in [4.78, 5) is 12.7. The predicted octanol–water partition coefficient (Wildman–Crippen LogP) is 4.98. The standard InChI is InChI=1S/C20H32O2/c1-12(2)10-14-16(18(14,3)4)17(21)22-15-11-13-8-9-20(15,7)19(13,5)6/h10,13-16H,8-9,11H2,1-7H3. The molecule has 0 amide bonds. The summed E-state index contributed by atoms with van der Waals surface area (Å²) in [6, 6.07) is 0. The van der Waals surface area contributed by atoms with Gasteiger partial charge < -0.3 is 4.74 Å². The first-order valence-electron chi connectivity index (χ1n) is 8.87. The molecule has 0 radical (unpaired) electrons. The fourth-order valence-electron chi connectivity index (χ4n) is 5.32. The summed E-state index contributed by atoms with van der Waals surface area (Å²) in [7, 11) is 0. The topological polar surface area (TPSA) is 26.3 Å². The first-order valence-corrected chi connectivity index (χ1v) is 8.87. The maximum atomic E-state index is 12.7. The van der Waals surface area contributed by atoms with Crippen molar-refractivity contribution in [1.82, 2.24) is 0 Å². The van der Waals surface area contributed by atoms with Gasteiger partial charge in [-0.25, -0.2) is 0 Å². The van der Waals surface area contributed by atoms with Gasteiger partial charge in [0.1, 0.15) is 6.10 Å². The number of esters is 1. The molecule has 124 valence electrons. The number of allylic oxidation sites excluding steroid dienone is 2. The van der Waals surface area contributed by atoms with Crippen molar-refractivity contribution in [2.45, 2.75) is 73.8 Å². The van der Waals surface area contributed by atoms with Gasteiger partial charge in [-0.15, -0.1) is 0 Å². The van der Waals surface area contributed by atoms with E-state index in [1.165, 1.54) is 18.4 Å². The van der Waals surface area contributed by atoms with Crippen molar-refractivity contribution in [3.63, 3.8) is 0 Å². The van der Waals surface area contributed by atoms with E-state index in [0.29, 0.717) is 11.3 Å². The molecular weight excluding hydrogens is 272 g/mol. The van der Waals surface area contributed by atoms with Crippen molar-refractivity contribution in [2.24, 2.45) is 34.0 Å². The molecule has 0 spiro atoms. The van der Waals surface area contributed by atoms with Crippen molar-refractivity contribution in [3.8, 4) is 0 Å². The lowest BCUT2D eigenvalue weighted by Crippen LogP contribution is -2.38. The molecule has 3 rings (SSSR count). The highest BCUT2D eigenvalue weighted by Gasteiger charge is 2.65. The number of hydrogen-bond donors (Lipinski definition) is 0. The molecule has 3 fully saturated rings. The van der Waals surface area contributed by atoms with Gasteiger partial charge in [0.25, 0.3) is 0 Å². The Morgan fingerprint density at radius 2 is 1.77 bits per heavy atom. The highest BCUT2D eigenvalue weighted by molar-refractivity contribution is 5.78. The molecule has 0 N–H and O–H groups in total. The van der Waals surface area contributed by atoms with Crippen molar-refractivity contribution in [3.05, 3.63) is 11.6 Å². The third-order valence-corrected chi connectivity index (χ3v) is 7.65. The third kappa shape index (κ3) is 2.02. The van der Waals surface area contributed by atoms with Crippen LogP contribution in [0.25, 0.3) is 0 Å². The Morgan fingerprint density at radius 1 is 1.14 bits per heavy atom. The molecule has 2 heteroatoms. The summed E-state index contributed by atoms with van der Waals surface area (Å²) in [5.41, 5.74) is 1.82. The van der Waals surface area contributed by atoms with Gasteiger partial charge in [-0.3, -0.25) is 4.79 Å². The van der Waals surface area contributed by atoms with E-state index in [4.69, 9.17) is 4.74 Å². The fourth-order valence-corrected chi connectivity index (χ4v) is 5.32. The zero-order valence-corrected chi connectivity index (χ0v) is 15.3. The molecular formula is C20H32O2. The van der Waals surface area contributed by atoms with Crippen LogP contribution in [0.5, 0.6) is 0 Å². The van der Waals surface area contributed by atoms with E-state index in [0.717, 1.165) is 12.3 Å². The number of hydrogen-bond acceptors (Lipinski definition) is 2. The van der Waals surface area contributed by atoms with Crippen LogP contribution in [0.15, 0.2) is 11.6 Å². The molecule has 5 unspecified atom stereocenters. The maximum absolute atomic E-state index is 12.7. The van der Waals surface area contributed by atoms with Gasteiger partial charge in [-0.1, -0.05) is 46.3 Å². The van der Waals surface area contributed by atoms with E-state index in [9.17, 15) is 4.79 Å². The molecule has 2 bridgehead atoms. The van der Waals surface area contributed by atoms with Crippen molar-refractivity contribution in [2.75, 3.05) is 0 Å². The van der Waals surface area contributed by atoms with Crippen LogP contribution in [0.4, 0.5) is 0 Å². The molecule has 3 saturated carbocycles. The van der Waals surface area contributed by atoms with Crippen LogP contribution < -0.4 is 0 Å². The molecule has 0 aromatic rings. The maximum Gasteiger partial charge on any atom is 0.310 e. The zero-order valence-electron chi connectivity index (χ0n) is 15.3. The van der Waals surface area contributed by atoms with Crippen LogP contribution >= 0.6 is 0 Å². The van der Waals surface area contributed by atoms with Crippen LogP contribution in [-0.4, -0.2) is 12.1 Å². The Balaban J connectivity index is 1.71. The van der Waals surface area contributed by atoms with Crippen LogP contribution in [0, 0.1) is 34.0 Å². The van der Waals surface area contributed by atoms with Crippen LogP contribution in [0.2, 0.25) is 0 Å². The molecule has 0 aromatic heterocycles. The zero-order chi connectivity index (χ0) is 16.5. The quantitative estimate of drug-likeness (QED) is 0.543. The number of ether oxygens (including phenoxy) is 1. The lowest BCUT2D eigenvalue weighted by atomic mass is 9.70. The minimum atomic E-state index is 0.0436. The summed E-state index contributed by atoms with van der Waals surface area (Å²) >= 11 is 0. The van der Waals surface area contributed by atoms with E-state index in [1.807, 2.05) is 0 Å². The van der Waals surface area contributed by atoms with E-state index >= 15 is 0 Å². The molecule has 0 aliphatic heterocycles. The number of rotatable bonds is 3. The van der Waals surface area contributed by atoms with Crippen LogP contribution in [-0.2, 0) is 9.53 Å². The van der Waals surface area contributed by atoms with Gasteiger partial charge in [-0.2, -0.15) is 0 Å². The summed E-state index contributed by atoms with van der Waals surface area (Å²) in [6.07, 6.45) is 5.94. The van der Waals surface area contributed by atoms with Crippen LogP contribution in [0.1, 0.15) is 67.7 Å². The van der Waals surface area contributed by atoms with Crippen molar-refractivity contribution >= 4 is 5.97 Å². The number of carbonyl (C=O) groups excluding carboxylic acids is 1. The molecule has 0 heterocycles. The highest BCUT2D eigenvalue weighted by atomic mass is 16.5. The molecule has 3 aliphatic rings. The third-order valence-electron chi connectivity index (χ3n) is 7.65. The first-order chi connectivity index (χ1) is 10.0. The van der Waals surface area contributed by atoms with Gasteiger partial charge in [0.15, 0.2) is 0 Å². The van der Waals surface area contributed by atoms with Crippen molar-refractivity contribution in [1.29, 1.82) is 0 Å². The minimum absolute atomic E-state index is 0.0436. The largest absolute Gasteiger partial charge is 0.462 e. The second-order valence-electron chi connectivity index (χ2n) is 9.60. The monoisotopic (exact) mass is 304 g/mol. The normalized spacial score (nSPS) is 43.8. The molecule has 2 nitrogen and oxygen atoms in total. The van der Waals surface area contributed by atoms with E-state index in [1.54, 1.807) is 0 Å². The molecule has 0 saturated heterocycles. The highest BCUT2D eigenvalue weighted by Crippen LogP contribution is 2.67. The molecule has 0 aromatic carbocycles. The van der Waals surface area contributed by atoms with Crippen LogP contribution in [0.3, 0.4) is 0 Å². The van der Waals surface area contributed by atoms with Gasteiger partial charge >= 0.3 is 5.97 Å². The second-order valence-corrected chi connectivity index (χ2v) is 9.60. The van der Waals surface area contributed by atoms with Crippen molar-refractivity contribution < 1.29 is 9.53 Å². The SMILES string of the molecule is CC(C)=CC1C(C(=O)OC2CC3CCC2(C)C3(C)C)C1(C)C. The predicted molar refractivity (Wildman–Crippen MR) is 89.3 cm³/mol. The van der Waals surface area contributed by atoms with E-state index in [2.05, 4.69) is 54.5 Å². The average Bonchev–Trinajstić information content (AvgIpc) is 2.75. The fraction of sp³-hybridized carbons (Fsp3) is 0.850. The van der Waals surface area contributed by atoms with Gasteiger partial charge in [0, 0.05) is 5.41 Å².